The second kappa shape index (κ2) is 5.66. The SMILES string of the molecule is COCOC(C)OC1(N)Cc2ccccc2NC1=O. The van der Waals surface area contributed by atoms with Crippen LogP contribution in [0.4, 0.5) is 5.69 Å². The lowest BCUT2D eigenvalue weighted by Gasteiger charge is -2.35. The van der Waals surface area contributed by atoms with E-state index in [-0.39, 0.29) is 12.7 Å². The molecule has 1 amide bonds. The molecule has 0 aromatic heterocycles. The van der Waals surface area contributed by atoms with Gasteiger partial charge in [0.1, 0.15) is 6.79 Å². The van der Waals surface area contributed by atoms with Crippen molar-refractivity contribution < 1.29 is 19.0 Å². The van der Waals surface area contributed by atoms with Gasteiger partial charge in [0.15, 0.2) is 6.29 Å². The van der Waals surface area contributed by atoms with Crippen molar-refractivity contribution in [1.82, 2.24) is 0 Å². The molecule has 0 radical (unpaired) electrons. The zero-order valence-corrected chi connectivity index (χ0v) is 11.0. The van der Waals surface area contributed by atoms with Crippen LogP contribution in [-0.4, -0.2) is 31.8 Å². The molecule has 1 heterocycles. The van der Waals surface area contributed by atoms with E-state index >= 15 is 0 Å². The molecule has 2 unspecified atom stereocenters. The molecular weight excluding hydrogens is 248 g/mol. The number of carbonyl (C=O) groups is 1. The molecule has 6 nitrogen and oxygen atoms in total. The standard InChI is InChI=1S/C13H18N2O4/c1-9(18-8-17-2)19-13(14)7-10-5-3-4-6-11(10)15-12(13)16/h3-6,9H,7-8,14H2,1-2H3,(H,15,16). The summed E-state index contributed by atoms with van der Waals surface area (Å²) in [7, 11) is 1.51. The molecule has 2 rings (SSSR count). The molecule has 6 heteroatoms. The zero-order valence-electron chi connectivity index (χ0n) is 11.0. The molecule has 2 atom stereocenters. The zero-order chi connectivity index (χ0) is 13.9. The van der Waals surface area contributed by atoms with Gasteiger partial charge < -0.3 is 19.5 Å². The molecule has 0 saturated heterocycles. The second-order valence-corrected chi connectivity index (χ2v) is 4.44. The smallest absolute Gasteiger partial charge is 0.272 e. The fourth-order valence-electron chi connectivity index (χ4n) is 1.98. The van der Waals surface area contributed by atoms with E-state index in [0.29, 0.717) is 6.42 Å². The number of hydrogen-bond donors (Lipinski definition) is 2. The molecule has 0 aliphatic carbocycles. The number of anilines is 1. The van der Waals surface area contributed by atoms with E-state index in [2.05, 4.69) is 5.32 Å². The average molecular weight is 266 g/mol. The van der Waals surface area contributed by atoms with Crippen LogP contribution in [0.1, 0.15) is 12.5 Å². The van der Waals surface area contributed by atoms with Gasteiger partial charge in [0.2, 0.25) is 5.72 Å². The number of nitrogens with two attached hydrogens (primary N) is 1. The summed E-state index contributed by atoms with van der Waals surface area (Å²) in [6.45, 7) is 1.75. The van der Waals surface area contributed by atoms with Crippen LogP contribution in [0.25, 0.3) is 0 Å². The Hall–Kier alpha value is -1.47. The fourth-order valence-corrected chi connectivity index (χ4v) is 1.98. The quantitative estimate of drug-likeness (QED) is 0.771. The molecule has 0 spiro atoms. The van der Waals surface area contributed by atoms with E-state index in [9.17, 15) is 4.79 Å². The number of hydrogen-bond acceptors (Lipinski definition) is 5. The Morgan fingerprint density at radius 3 is 2.95 bits per heavy atom. The third-order valence-corrected chi connectivity index (χ3v) is 2.90. The fraction of sp³-hybridized carbons (Fsp3) is 0.462. The summed E-state index contributed by atoms with van der Waals surface area (Å²) in [5.41, 5.74) is 6.31. The van der Waals surface area contributed by atoms with Crippen LogP contribution in [0.5, 0.6) is 0 Å². The lowest BCUT2D eigenvalue weighted by molar-refractivity contribution is -0.226. The largest absolute Gasteiger partial charge is 0.359 e. The number of carbonyl (C=O) groups excluding carboxylic acids is 1. The third-order valence-electron chi connectivity index (χ3n) is 2.90. The van der Waals surface area contributed by atoms with Crippen molar-refractivity contribution in [1.29, 1.82) is 0 Å². The van der Waals surface area contributed by atoms with Crippen molar-refractivity contribution >= 4 is 11.6 Å². The molecular formula is C13H18N2O4. The van der Waals surface area contributed by atoms with Crippen LogP contribution in [0.15, 0.2) is 24.3 Å². The van der Waals surface area contributed by atoms with E-state index in [1.807, 2.05) is 24.3 Å². The highest BCUT2D eigenvalue weighted by Crippen LogP contribution is 2.28. The van der Waals surface area contributed by atoms with Crippen LogP contribution >= 0.6 is 0 Å². The minimum absolute atomic E-state index is 0.0788. The van der Waals surface area contributed by atoms with Crippen LogP contribution in [-0.2, 0) is 25.4 Å². The van der Waals surface area contributed by atoms with Crippen molar-refractivity contribution in [2.75, 3.05) is 19.2 Å². The van der Waals surface area contributed by atoms with Gasteiger partial charge in [0.25, 0.3) is 5.91 Å². The maximum atomic E-state index is 12.0. The number of benzene rings is 1. The Morgan fingerprint density at radius 2 is 2.21 bits per heavy atom. The van der Waals surface area contributed by atoms with Crippen molar-refractivity contribution in [3.05, 3.63) is 29.8 Å². The minimum Gasteiger partial charge on any atom is -0.359 e. The maximum absolute atomic E-state index is 12.0. The van der Waals surface area contributed by atoms with Crippen molar-refractivity contribution in [2.24, 2.45) is 5.73 Å². The summed E-state index contributed by atoms with van der Waals surface area (Å²) < 4.78 is 15.5. The van der Waals surface area contributed by atoms with Gasteiger partial charge in [0.05, 0.1) is 0 Å². The number of amides is 1. The van der Waals surface area contributed by atoms with Crippen LogP contribution < -0.4 is 11.1 Å². The van der Waals surface area contributed by atoms with Crippen molar-refractivity contribution in [2.45, 2.75) is 25.4 Å². The van der Waals surface area contributed by atoms with E-state index in [0.717, 1.165) is 11.3 Å². The Kier molecular flexibility index (Phi) is 4.16. The number of methoxy groups -OCH3 is 1. The first-order valence-electron chi connectivity index (χ1n) is 6.02. The summed E-state index contributed by atoms with van der Waals surface area (Å²) >= 11 is 0. The first-order chi connectivity index (χ1) is 9.05. The molecule has 1 aromatic rings. The summed E-state index contributed by atoms with van der Waals surface area (Å²) in [6, 6.07) is 7.48. The molecule has 1 aliphatic rings. The normalized spacial score (nSPS) is 23.6. The molecule has 1 aliphatic heterocycles. The first-order valence-corrected chi connectivity index (χ1v) is 6.02. The molecule has 104 valence electrons. The third kappa shape index (κ3) is 3.10. The van der Waals surface area contributed by atoms with Gasteiger partial charge in [-0.15, -0.1) is 0 Å². The Morgan fingerprint density at radius 1 is 1.47 bits per heavy atom. The van der Waals surface area contributed by atoms with Crippen LogP contribution in [0, 0.1) is 0 Å². The van der Waals surface area contributed by atoms with Gasteiger partial charge in [-0.1, -0.05) is 18.2 Å². The summed E-state index contributed by atoms with van der Waals surface area (Å²) in [6.07, 6.45) is -0.337. The molecule has 0 bridgehead atoms. The highest BCUT2D eigenvalue weighted by molar-refractivity contribution is 6.00. The van der Waals surface area contributed by atoms with E-state index in [1.165, 1.54) is 7.11 Å². The number of rotatable bonds is 5. The van der Waals surface area contributed by atoms with Gasteiger partial charge in [-0.3, -0.25) is 10.5 Å². The number of nitrogens with one attached hydrogen (secondary N) is 1. The minimum atomic E-state index is -1.43. The highest BCUT2D eigenvalue weighted by atomic mass is 16.8. The summed E-state index contributed by atoms with van der Waals surface area (Å²) in [5.74, 6) is -0.376. The lowest BCUT2D eigenvalue weighted by Crippen LogP contribution is -2.58. The van der Waals surface area contributed by atoms with E-state index in [4.69, 9.17) is 19.9 Å². The van der Waals surface area contributed by atoms with Crippen LogP contribution in [0.3, 0.4) is 0 Å². The highest BCUT2D eigenvalue weighted by Gasteiger charge is 2.41. The lowest BCUT2D eigenvalue weighted by atomic mass is 9.96. The monoisotopic (exact) mass is 266 g/mol. The Labute approximate surface area is 111 Å². The van der Waals surface area contributed by atoms with E-state index in [1.54, 1.807) is 6.92 Å². The predicted octanol–water partition coefficient (Wildman–Crippen LogP) is 0.819. The Bertz CT molecular complexity index is 466. The average Bonchev–Trinajstić information content (AvgIpc) is 2.37. The second-order valence-electron chi connectivity index (χ2n) is 4.44. The topological polar surface area (TPSA) is 82.8 Å². The van der Waals surface area contributed by atoms with Gasteiger partial charge in [-0.2, -0.15) is 0 Å². The number of ether oxygens (including phenoxy) is 3. The molecule has 3 N–H and O–H groups in total. The molecule has 0 saturated carbocycles. The summed E-state index contributed by atoms with van der Waals surface area (Å²) in [4.78, 5) is 12.0. The molecule has 0 fully saturated rings. The van der Waals surface area contributed by atoms with E-state index < -0.39 is 12.0 Å². The summed E-state index contributed by atoms with van der Waals surface area (Å²) in [5, 5.41) is 2.74. The Balaban J connectivity index is 2.09. The number of para-hydroxylation sites is 1. The van der Waals surface area contributed by atoms with Gasteiger partial charge in [-0.25, -0.2) is 0 Å². The number of fused-ring (bicyclic) bond motifs is 1. The van der Waals surface area contributed by atoms with Gasteiger partial charge >= 0.3 is 0 Å². The van der Waals surface area contributed by atoms with Gasteiger partial charge in [-0.05, 0) is 18.6 Å². The maximum Gasteiger partial charge on any atom is 0.272 e. The van der Waals surface area contributed by atoms with Crippen molar-refractivity contribution in [3.8, 4) is 0 Å². The first kappa shape index (κ1) is 14.0. The van der Waals surface area contributed by atoms with Crippen molar-refractivity contribution in [3.63, 3.8) is 0 Å². The molecule has 19 heavy (non-hydrogen) atoms. The molecule has 1 aromatic carbocycles. The predicted molar refractivity (Wildman–Crippen MR) is 69.2 cm³/mol. The van der Waals surface area contributed by atoms with Gasteiger partial charge in [0, 0.05) is 19.2 Å². The van der Waals surface area contributed by atoms with Crippen LogP contribution in [0.2, 0.25) is 0 Å².